The molecule has 0 heterocycles. The first kappa shape index (κ1) is 14.0. The Labute approximate surface area is 102 Å². The molecule has 96 valence electrons. The third-order valence-electron chi connectivity index (χ3n) is 4.11. The van der Waals surface area contributed by atoms with Gasteiger partial charge in [-0.25, -0.2) is 0 Å². The van der Waals surface area contributed by atoms with Crippen molar-refractivity contribution in [3.8, 4) is 0 Å². The minimum absolute atomic E-state index is 0.504. The van der Waals surface area contributed by atoms with Gasteiger partial charge in [-0.15, -0.1) is 0 Å². The van der Waals surface area contributed by atoms with Gasteiger partial charge in [0, 0.05) is 12.6 Å². The Hall–Kier alpha value is -0.0800. The summed E-state index contributed by atoms with van der Waals surface area (Å²) in [6.45, 7) is 12.6. The van der Waals surface area contributed by atoms with E-state index in [4.69, 9.17) is 5.73 Å². The molecule has 0 unspecified atom stereocenters. The van der Waals surface area contributed by atoms with E-state index in [-0.39, 0.29) is 0 Å². The molecule has 0 aliphatic heterocycles. The van der Waals surface area contributed by atoms with Crippen LogP contribution in [0.25, 0.3) is 0 Å². The average molecular weight is 226 g/mol. The summed E-state index contributed by atoms with van der Waals surface area (Å²) in [5.41, 5.74) is 6.42. The number of nitrogens with zero attached hydrogens (tertiary/aromatic N) is 1. The van der Waals surface area contributed by atoms with Gasteiger partial charge in [-0.1, -0.05) is 20.3 Å². The first-order valence-corrected chi connectivity index (χ1v) is 6.93. The van der Waals surface area contributed by atoms with Gasteiger partial charge in [-0.2, -0.15) is 0 Å². The predicted octanol–water partition coefficient (Wildman–Crippen LogP) is 2.87. The Balaban J connectivity index is 2.37. The highest BCUT2D eigenvalue weighted by atomic mass is 15.1. The van der Waals surface area contributed by atoms with E-state index in [1.54, 1.807) is 0 Å². The Kier molecular flexibility index (Phi) is 5.26. The maximum Gasteiger partial charge on any atom is 0.00387 e. The largest absolute Gasteiger partial charge is 0.330 e. The predicted molar refractivity (Wildman–Crippen MR) is 71.5 cm³/mol. The Morgan fingerprint density at radius 1 is 1.19 bits per heavy atom. The topological polar surface area (TPSA) is 29.3 Å². The fourth-order valence-corrected chi connectivity index (χ4v) is 2.64. The number of nitrogens with two attached hydrogens (primary N) is 1. The molecule has 1 aliphatic carbocycles. The van der Waals surface area contributed by atoms with Crippen LogP contribution in [0.4, 0.5) is 0 Å². The molecule has 0 spiro atoms. The normalized spacial score (nSPS) is 19.5. The fraction of sp³-hybridized carbons (Fsp3) is 1.00. The summed E-state index contributed by atoms with van der Waals surface area (Å²) < 4.78 is 0. The first-order valence-electron chi connectivity index (χ1n) is 6.93. The van der Waals surface area contributed by atoms with Crippen molar-refractivity contribution in [3.63, 3.8) is 0 Å². The molecule has 0 aromatic carbocycles. The highest BCUT2D eigenvalue weighted by molar-refractivity contribution is 4.89. The van der Waals surface area contributed by atoms with Crippen molar-refractivity contribution in [1.29, 1.82) is 0 Å². The molecule has 1 fully saturated rings. The zero-order valence-electron chi connectivity index (χ0n) is 11.6. The molecule has 2 N–H and O–H groups in total. The van der Waals surface area contributed by atoms with Crippen LogP contribution in [0.1, 0.15) is 53.4 Å². The van der Waals surface area contributed by atoms with Gasteiger partial charge in [0.2, 0.25) is 0 Å². The Bertz CT molecular complexity index is 189. The second kappa shape index (κ2) is 6.02. The van der Waals surface area contributed by atoms with E-state index in [0.717, 1.165) is 12.5 Å². The number of hydrogen-bond donors (Lipinski definition) is 1. The molecule has 1 aliphatic rings. The van der Waals surface area contributed by atoms with E-state index in [9.17, 15) is 0 Å². The smallest absolute Gasteiger partial charge is 0.00387 e. The van der Waals surface area contributed by atoms with Gasteiger partial charge in [0.25, 0.3) is 0 Å². The van der Waals surface area contributed by atoms with Crippen molar-refractivity contribution in [2.45, 2.75) is 59.4 Å². The second-order valence-corrected chi connectivity index (χ2v) is 6.29. The molecule has 16 heavy (non-hydrogen) atoms. The second-order valence-electron chi connectivity index (χ2n) is 6.29. The van der Waals surface area contributed by atoms with Crippen LogP contribution in [0, 0.1) is 11.3 Å². The monoisotopic (exact) mass is 226 g/mol. The number of rotatable bonds is 7. The standard InChI is InChI=1S/C14H30N2/c1-12(2)10-16(13(3)4)9-8-14(11-15)6-5-7-14/h12-13H,5-11,15H2,1-4H3. The van der Waals surface area contributed by atoms with Crippen LogP contribution in [-0.2, 0) is 0 Å². The molecule has 0 bridgehead atoms. The molecule has 0 aromatic heterocycles. The zero-order chi connectivity index (χ0) is 12.2. The molecule has 0 saturated heterocycles. The van der Waals surface area contributed by atoms with Gasteiger partial charge in [0.05, 0.1) is 0 Å². The summed E-state index contributed by atoms with van der Waals surface area (Å²) in [5.74, 6) is 0.762. The molecule has 0 atom stereocenters. The van der Waals surface area contributed by atoms with Crippen molar-refractivity contribution >= 4 is 0 Å². The molecular weight excluding hydrogens is 196 g/mol. The summed E-state index contributed by atoms with van der Waals surface area (Å²) in [4.78, 5) is 2.61. The Morgan fingerprint density at radius 2 is 1.81 bits per heavy atom. The van der Waals surface area contributed by atoms with Gasteiger partial charge in [-0.3, -0.25) is 0 Å². The fourth-order valence-electron chi connectivity index (χ4n) is 2.64. The third kappa shape index (κ3) is 3.74. The highest BCUT2D eigenvalue weighted by Crippen LogP contribution is 2.43. The van der Waals surface area contributed by atoms with Crippen LogP contribution in [0.15, 0.2) is 0 Å². The summed E-state index contributed by atoms with van der Waals surface area (Å²) in [6.07, 6.45) is 5.41. The Morgan fingerprint density at radius 3 is 2.12 bits per heavy atom. The maximum atomic E-state index is 5.91. The van der Waals surface area contributed by atoms with E-state index in [2.05, 4.69) is 32.6 Å². The van der Waals surface area contributed by atoms with Crippen molar-refractivity contribution in [2.75, 3.05) is 19.6 Å². The summed E-state index contributed by atoms with van der Waals surface area (Å²) in [6, 6.07) is 0.664. The maximum absolute atomic E-state index is 5.91. The van der Waals surface area contributed by atoms with Crippen LogP contribution in [0.5, 0.6) is 0 Å². The van der Waals surface area contributed by atoms with Gasteiger partial charge in [-0.05, 0) is 57.5 Å². The lowest BCUT2D eigenvalue weighted by Crippen LogP contribution is -2.43. The molecule has 1 saturated carbocycles. The van der Waals surface area contributed by atoms with E-state index < -0.39 is 0 Å². The lowest BCUT2D eigenvalue weighted by Gasteiger charge is -2.43. The molecule has 0 amide bonds. The summed E-state index contributed by atoms with van der Waals surface area (Å²) in [5, 5.41) is 0. The van der Waals surface area contributed by atoms with Crippen molar-refractivity contribution in [1.82, 2.24) is 4.90 Å². The zero-order valence-corrected chi connectivity index (χ0v) is 11.6. The summed E-state index contributed by atoms with van der Waals surface area (Å²) in [7, 11) is 0. The van der Waals surface area contributed by atoms with E-state index in [1.807, 2.05) is 0 Å². The van der Waals surface area contributed by atoms with E-state index in [1.165, 1.54) is 38.8 Å². The molecule has 0 aromatic rings. The van der Waals surface area contributed by atoms with Gasteiger partial charge >= 0.3 is 0 Å². The van der Waals surface area contributed by atoms with Gasteiger partial charge in [0.15, 0.2) is 0 Å². The van der Waals surface area contributed by atoms with Crippen LogP contribution in [0.2, 0.25) is 0 Å². The SMILES string of the molecule is CC(C)CN(CCC1(CN)CCC1)C(C)C. The van der Waals surface area contributed by atoms with Crippen LogP contribution in [0.3, 0.4) is 0 Å². The lowest BCUT2D eigenvalue weighted by molar-refractivity contribution is 0.0918. The van der Waals surface area contributed by atoms with E-state index >= 15 is 0 Å². The van der Waals surface area contributed by atoms with E-state index in [0.29, 0.717) is 11.5 Å². The van der Waals surface area contributed by atoms with Gasteiger partial charge < -0.3 is 10.6 Å². The molecule has 2 nitrogen and oxygen atoms in total. The minimum atomic E-state index is 0.504. The van der Waals surface area contributed by atoms with Crippen molar-refractivity contribution < 1.29 is 0 Å². The first-order chi connectivity index (χ1) is 7.49. The van der Waals surface area contributed by atoms with Crippen molar-refractivity contribution in [3.05, 3.63) is 0 Å². The number of hydrogen-bond acceptors (Lipinski definition) is 2. The summed E-state index contributed by atoms with van der Waals surface area (Å²) >= 11 is 0. The quantitative estimate of drug-likeness (QED) is 0.723. The van der Waals surface area contributed by atoms with Crippen LogP contribution in [-0.4, -0.2) is 30.6 Å². The van der Waals surface area contributed by atoms with Crippen LogP contribution < -0.4 is 5.73 Å². The van der Waals surface area contributed by atoms with Crippen molar-refractivity contribution in [2.24, 2.45) is 17.1 Å². The molecular formula is C14H30N2. The highest BCUT2D eigenvalue weighted by Gasteiger charge is 2.35. The minimum Gasteiger partial charge on any atom is -0.330 e. The molecule has 1 rings (SSSR count). The van der Waals surface area contributed by atoms with Crippen LogP contribution >= 0.6 is 0 Å². The van der Waals surface area contributed by atoms with Gasteiger partial charge in [0.1, 0.15) is 0 Å². The lowest BCUT2D eigenvalue weighted by atomic mass is 9.66. The molecule has 0 radical (unpaired) electrons. The molecule has 2 heteroatoms. The third-order valence-corrected chi connectivity index (χ3v) is 4.11. The average Bonchev–Trinajstić information content (AvgIpc) is 2.14.